The number of carboxylic acids is 1. The van der Waals surface area contributed by atoms with Gasteiger partial charge in [0, 0.05) is 6.42 Å². The first-order valence-electron chi connectivity index (χ1n) is 5.99. The molecule has 0 aliphatic heterocycles. The zero-order valence-electron chi connectivity index (χ0n) is 11.4. The molecule has 0 unspecified atom stereocenters. The van der Waals surface area contributed by atoms with Crippen LogP contribution in [0.3, 0.4) is 0 Å². The summed E-state index contributed by atoms with van der Waals surface area (Å²) in [5.41, 5.74) is 0. The van der Waals surface area contributed by atoms with E-state index >= 15 is 0 Å². The minimum absolute atomic E-state index is 0. The van der Waals surface area contributed by atoms with Crippen molar-refractivity contribution in [3.05, 3.63) is 0 Å². The molecule has 0 radical (unpaired) electrons. The zero-order chi connectivity index (χ0) is 10.6. The molecule has 0 fully saturated rings. The first kappa shape index (κ1) is 17.9. The summed E-state index contributed by atoms with van der Waals surface area (Å²) in [5.74, 6) is -0.659. The molecule has 0 saturated heterocycles. The number of unbranched alkanes of at least 4 members (excludes halogenated alkanes) is 8. The molecule has 0 bridgehead atoms. The van der Waals surface area contributed by atoms with Gasteiger partial charge in [0.15, 0.2) is 0 Å². The van der Waals surface area contributed by atoms with Gasteiger partial charge in [-0.05, 0) is 6.42 Å². The largest absolute Gasteiger partial charge is 1.00 e. The average Bonchev–Trinajstić information content (AvgIpc) is 2.15. The van der Waals surface area contributed by atoms with Crippen molar-refractivity contribution in [1.82, 2.24) is 0 Å². The Morgan fingerprint density at radius 2 is 1.33 bits per heavy atom. The van der Waals surface area contributed by atoms with Crippen LogP contribution in [-0.2, 0) is 4.79 Å². The Morgan fingerprint density at radius 1 is 0.933 bits per heavy atom. The number of aliphatic carboxylic acids is 1. The van der Waals surface area contributed by atoms with Crippen LogP contribution in [0.15, 0.2) is 0 Å². The minimum Gasteiger partial charge on any atom is -1.00 e. The van der Waals surface area contributed by atoms with Crippen molar-refractivity contribution < 1.29 is 40.9 Å². The van der Waals surface area contributed by atoms with Gasteiger partial charge in [0.2, 0.25) is 0 Å². The molecular weight excluding hydrogens is 199 g/mol. The molecule has 0 spiro atoms. The van der Waals surface area contributed by atoms with E-state index in [0.29, 0.717) is 6.42 Å². The number of rotatable bonds is 10. The Balaban J connectivity index is -0.000000845. The van der Waals surface area contributed by atoms with Crippen LogP contribution in [0.1, 0.15) is 72.6 Å². The van der Waals surface area contributed by atoms with Gasteiger partial charge in [0.1, 0.15) is 0 Å². The molecule has 0 amide bonds. The molecule has 0 atom stereocenters. The van der Waals surface area contributed by atoms with Gasteiger partial charge in [-0.15, -0.1) is 0 Å². The van der Waals surface area contributed by atoms with Gasteiger partial charge >= 0.3 is 35.5 Å². The second kappa shape index (κ2) is 14.5. The minimum atomic E-state index is -0.659. The Kier molecular flexibility index (Phi) is 17.2. The summed E-state index contributed by atoms with van der Waals surface area (Å²) in [6.45, 7) is 2.23. The Labute approximate surface area is 118 Å². The first-order chi connectivity index (χ1) is 6.77. The molecule has 1 N–H and O–H groups in total. The van der Waals surface area contributed by atoms with Crippen LogP contribution in [0.25, 0.3) is 0 Å². The van der Waals surface area contributed by atoms with Gasteiger partial charge in [0.05, 0.1) is 0 Å². The summed E-state index contributed by atoms with van der Waals surface area (Å²) >= 11 is 0. The maximum Gasteiger partial charge on any atom is 1.00 e. The van der Waals surface area contributed by atoms with Crippen LogP contribution in [0.5, 0.6) is 0 Å². The smallest absolute Gasteiger partial charge is 1.00 e. The predicted octanol–water partition coefficient (Wildman–Crippen LogP) is 1.11. The van der Waals surface area contributed by atoms with Crippen molar-refractivity contribution in [2.75, 3.05) is 0 Å². The fourth-order valence-electron chi connectivity index (χ4n) is 1.59. The van der Waals surface area contributed by atoms with Crippen molar-refractivity contribution >= 4 is 5.97 Å². The van der Waals surface area contributed by atoms with Crippen molar-refractivity contribution in [3.63, 3.8) is 0 Å². The third-order valence-electron chi connectivity index (χ3n) is 2.49. The fourth-order valence-corrected chi connectivity index (χ4v) is 1.59. The predicted molar refractivity (Wildman–Crippen MR) is 60.6 cm³/mol. The van der Waals surface area contributed by atoms with Crippen LogP contribution in [-0.4, -0.2) is 11.1 Å². The summed E-state index contributed by atoms with van der Waals surface area (Å²) < 4.78 is 0. The first-order valence-corrected chi connectivity index (χ1v) is 5.99. The van der Waals surface area contributed by atoms with Gasteiger partial charge in [-0.25, -0.2) is 0 Å². The average molecular weight is 224 g/mol. The summed E-state index contributed by atoms with van der Waals surface area (Å²) in [6, 6.07) is 0. The van der Waals surface area contributed by atoms with Crippen LogP contribution in [0.4, 0.5) is 0 Å². The van der Waals surface area contributed by atoms with Crippen LogP contribution in [0, 0.1) is 0 Å². The van der Waals surface area contributed by atoms with E-state index in [1.807, 2.05) is 0 Å². The topological polar surface area (TPSA) is 37.3 Å². The van der Waals surface area contributed by atoms with E-state index in [9.17, 15) is 4.79 Å². The van der Waals surface area contributed by atoms with E-state index in [2.05, 4.69) is 6.92 Å². The quantitative estimate of drug-likeness (QED) is 0.446. The summed E-state index contributed by atoms with van der Waals surface area (Å²) in [6.07, 6.45) is 11.5. The summed E-state index contributed by atoms with van der Waals surface area (Å²) in [7, 11) is 0. The standard InChI is InChI=1S/C12H24O2.Na.H/c1-2-3-4-5-6-7-8-9-10-11-12(13)14;;/h2-11H2,1H3,(H,13,14);;/q;+1;-1. The van der Waals surface area contributed by atoms with Gasteiger partial charge < -0.3 is 6.53 Å². The van der Waals surface area contributed by atoms with E-state index in [1.165, 1.54) is 44.9 Å². The van der Waals surface area contributed by atoms with Crippen molar-refractivity contribution in [2.45, 2.75) is 71.1 Å². The summed E-state index contributed by atoms with van der Waals surface area (Å²) in [5, 5.41) is 8.41. The third-order valence-corrected chi connectivity index (χ3v) is 2.49. The van der Waals surface area contributed by atoms with E-state index < -0.39 is 5.97 Å². The van der Waals surface area contributed by atoms with Crippen LogP contribution >= 0.6 is 0 Å². The molecule has 0 aromatic heterocycles. The van der Waals surface area contributed by atoms with Crippen LogP contribution in [0.2, 0.25) is 0 Å². The molecule has 0 aromatic carbocycles. The van der Waals surface area contributed by atoms with Crippen molar-refractivity contribution in [1.29, 1.82) is 0 Å². The van der Waals surface area contributed by atoms with Crippen LogP contribution < -0.4 is 29.6 Å². The Bertz CT molecular complexity index is 143. The van der Waals surface area contributed by atoms with Gasteiger partial charge in [-0.2, -0.15) is 0 Å². The van der Waals surface area contributed by atoms with E-state index in [0.717, 1.165) is 12.8 Å². The maximum absolute atomic E-state index is 10.2. The molecule has 15 heavy (non-hydrogen) atoms. The maximum atomic E-state index is 10.2. The fraction of sp³-hybridized carbons (Fsp3) is 0.917. The van der Waals surface area contributed by atoms with E-state index in [-0.39, 0.29) is 31.0 Å². The van der Waals surface area contributed by atoms with E-state index in [1.54, 1.807) is 0 Å². The molecule has 86 valence electrons. The summed E-state index contributed by atoms with van der Waals surface area (Å²) in [4.78, 5) is 10.2. The Hall–Kier alpha value is 0.470. The molecule has 0 aliphatic carbocycles. The molecule has 0 saturated carbocycles. The van der Waals surface area contributed by atoms with Crippen molar-refractivity contribution in [2.24, 2.45) is 0 Å². The molecule has 3 heteroatoms. The van der Waals surface area contributed by atoms with Gasteiger partial charge in [-0.1, -0.05) is 58.3 Å². The SMILES string of the molecule is CCCCCCCCCCCC(=O)O.[H-].[Na+]. The number of hydrogen-bond acceptors (Lipinski definition) is 1. The van der Waals surface area contributed by atoms with Gasteiger partial charge in [0.25, 0.3) is 0 Å². The normalized spacial score (nSPS) is 9.67. The number of carboxylic acid groups (broad SMARTS) is 1. The molecular formula is C12H25NaO2. The third kappa shape index (κ3) is 17.1. The number of hydrogen-bond donors (Lipinski definition) is 1. The number of carbonyl (C=O) groups is 1. The van der Waals surface area contributed by atoms with E-state index in [4.69, 9.17) is 5.11 Å². The van der Waals surface area contributed by atoms with Crippen molar-refractivity contribution in [3.8, 4) is 0 Å². The molecule has 0 rings (SSSR count). The second-order valence-electron chi connectivity index (χ2n) is 3.97. The Morgan fingerprint density at radius 3 is 1.73 bits per heavy atom. The molecule has 2 nitrogen and oxygen atoms in total. The molecule has 0 heterocycles. The second-order valence-corrected chi connectivity index (χ2v) is 3.97. The molecule has 0 aliphatic rings. The molecule has 0 aromatic rings. The monoisotopic (exact) mass is 224 g/mol. The van der Waals surface area contributed by atoms with Gasteiger partial charge in [-0.3, -0.25) is 4.79 Å². The zero-order valence-corrected chi connectivity index (χ0v) is 12.4.